The minimum Gasteiger partial charge on any atom is -0.452 e. The van der Waals surface area contributed by atoms with Crippen LogP contribution >= 0.6 is 0 Å². The van der Waals surface area contributed by atoms with Gasteiger partial charge in [0.2, 0.25) is 0 Å². The number of hydrogen-bond donors (Lipinski definition) is 0. The van der Waals surface area contributed by atoms with Gasteiger partial charge in [-0.25, -0.2) is 9.59 Å². The highest BCUT2D eigenvalue weighted by Crippen LogP contribution is 2.34. The zero-order valence-corrected chi connectivity index (χ0v) is 10.2. The molecule has 0 radical (unpaired) electrons. The number of esters is 2. The summed E-state index contributed by atoms with van der Waals surface area (Å²) < 4.78 is 10.0. The summed E-state index contributed by atoms with van der Waals surface area (Å²) in [5, 5.41) is 0. The molecule has 0 aromatic carbocycles. The minimum atomic E-state index is -0.582. The van der Waals surface area contributed by atoms with E-state index in [-0.39, 0.29) is 12.2 Å². The molecule has 0 N–H and O–H groups in total. The van der Waals surface area contributed by atoms with Gasteiger partial charge >= 0.3 is 11.9 Å². The average molecular weight is 238 g/mol. The minimum absolute atomic E-state index is 0.261. The lowest BCUT2D eigenvalue weighted by Gasteiger charge is -2.24. The van der Waals surface area contributed by atoms with Crippen LogP contribution in [0.15, 0.2) is 24.8 Å². The predicted molar refractivity (Wildman–Crippen MR) is 63.3 cm³/mol. The predicted octanol–water partition coefficient (Wildman–Crippen LogP) is 2.15. The van der Waals surface area contributed by atoms with E-state index < -0.39 is 17.5 Å². The van der Waals surface area contributed by atoms with Gasteiger partial charge in [-0.05, 0) is 38.7 Å². The second-order valence-corrected chi connectivity index (χ2v) is 4.31. The Kier molecular flexibility index (Phi) is 4.49. The zero-order valence-electron chi connectivity index (χ0n) is 10.2. The smallest absolute Gasteiger partial charge is 0.345 e. The fraction of sp³-hybridized carbons (Fsp3) is 0.538. The van der Waals surface area contributed by atoms with Gasteiger partial charge in [-0.3, -0.25) is 0 Å². The van der Waals surface area contributed by atoms with E-state index in [1.807, 2.05) is 0 Å². The molecule has 0 spiro atoms. The van der Waals surface area contributed by atoms with E-state index in [1.54, 1.807) is 6.08 Å². The van der Waals surface area contributed by atoms with Crippen LogP contribution < -0.4 is 0 Å². The Morgan fingerprint density at radius 1 is 1.35 bits per heavy atom. The van der Waals surface area contributed by atoms with Gasteiger partial charge in [0.25, 0.3) is 0 Å². The number of carbonyl (C=O) groups is 2. The van der Waals surface area contributed by atoms with Crippen molar-refractivity contribution in [3.8, 4) is 0 Å². The number of rotatable bonds is 5. The summed E-state index contributed by atoms with van der Waals surface area (Å²) in [7, 11) is 0. The summed E-state index contributed by atoms with van der Waals surface area (Å²) >= 11 is 0. The lowest BCUT2D eigenvalue weighted by Crippen LogP contribution is -2.31. The van der Waals surface area contributed by atoms with Gasteiger partial charge in [0.05, 0.1) is 0 Å². The fourth-order valence-corrected chi connectivity index (χ4v) is 1.83. The van der Waals surface area contributed by atoms with Crippen molar-refractivity contribution in [2.75, 3.05) is 6.61 Å². The van der Waals surface area contributed by atoms with E-state index in [1.165, 1.54) is 6.92 Å². The SMILES string of the molecule is C=CC1(OC(=O)COC(=O)C(=C)C)CCCC1. The average Bonchev–Trinajstić information content (AvgIpc) is 2.75. The van der Waals surface area contributed by atoms with Crippen LogP contribution in [-0.2, 0) is 19.1 Å². The molecule has 0 unspecified atom stereocenters. The molecule has 4 heteroatoms. The van der Waals surface area contributed by atoms with E-state index in [0.717, 1.165) is 25.7 Å². The van der Waals surface area contributed by atoms with Gasteiger partial charge < -0.3 is 9.47 Å². The molecule has 0 aromatic rings. The first kappa shape index (κ1) is 13.5. The molecule has 1 fully saturated rings. The Morgan fingerprint density at radius 2 is 1.94 bits per heavy atom. The maximum absolute atomic E-state index is 11.5. The molecule has 4 nitrogen and oxygen atoms in total. The Balaban J connectivity index is 2.41. The van der Waals surface area contributed by atoms with Crippen molar-refractivity contribution in [2.24, 2.45) is 0 Å². The van der Waals surface area contributed by atoms with Gasteiger partial charge in [-0.2, -0.15) is 0 Å². The normalized spacial score (nSPS) is 17.2. The van der Waals surface area contributed by atoms with Crippen molar-refractivity contribution in [3.05, 3.63) is 24.8 Å². The monoisotopic (exact) mass is 238 g/mol. The topological polar surface area (TPSA) is 52.6 Å². The molecule has 0 aromatic heterocycles. The Hall–Kier alpha value is -1.58. The van der Waals surface area contributed by atoms with E-state index in [4.69, 9.17) is 9.47 Å². The van der Waals surface area contributed by atoms with Crippen LogP contribution in [0.4, 0.5) is 0 Å². The van der Waals surface area contributed by atoms with E-state index in [0.29, 0.717) is 0 Å². The first-order valence-corrected chi connectivity index (χ1v) is 5.67. The van der Waals surface area contributed by atoms with Crippen LogP contribution in [0.2, 0.25) is 0 Å². The highest BCUT2D eigenvalue weighted by atomic mass is 16.6. The van der Waals surface area contributed by atoms with E-state index in [2.05, 4.69) is 13.2 Å². The molecule has 0 saturated heterocycles. The first-order chi connectivity index (χ1) is 7.99. The molecule has 94 valence electrons. The molecule has 1 saturated carbocycles. The molecule has 1 aliphatic rings. The van der Waals surface area contributed by atoms with Crippen molar-refractivity contribution in [3.63, 3.8) is 0 Å². The number of carbonyl (C=O) groups excluding carboxylic acids is 2. The van der Waals surface area contributed by atoms with Crippen LogP contribution in [0, 0.1) is 0 Å². The second-order valence-electron chi connectivity index (χ2n) is 4.31. The standard InChI is InChI=1S/C13H18O4/c1-4-13(7-5-6-8-13)17-11(14)9-16-12(15)10(2)3/h4H,1-2,5-9H2,3H3. The van der Waals surface area contributed by atoms with E-state index >= 15 is 0 Å². The van der Waals surface area contributed by atoms with Gasteiger partial charge in [-0.15, -0.1) is 0 Å². The first-order valence-electron chi connectivity index (χ1n) is 5.67. The molecule has 0 aliphatic heterocycles. The van der Waals surface area contributed by atoms with Crippen LogP contribution in [-0.4, -0.2) is 24.1 Å². The second kappa shape index (κ2) is 5.66. The zero-order chi connectivity index (χ0) is 12.9. The maximum atomic E-state index is 11.5. The highest BCUT2D eigenvalue weighted by Gasteiger charge is 2.34. The van der Waals surface area contributed by atoms with Crippen LogP contribution in [0.5, 0.6) is 0 Å². The lowest BCUT2D eigenvalue weighted by atomic mass is 10.0. The summed E-state index contributed by atoms with van der Waals surface area (Å²) in [6, 6.07) is 0. The van der Waals surface area contributed by atoms with Gasteiger partial charge in [-0.1, -0.05) is 13.2 Å². The Morgan fingerprint density at radius 3 is 2.41 bits per heavy atom. The molecular formula is C13H18O4. The van der Waals surface area contributed by atoms with Crippen molar-refractivity contribution in [1.82, 2.24) is 0 Å². The van der Waals surface area contributed by atoms with Crippen molar-refractivity contribution < 1.29 is 19.1 Å². The molecule has 0 heterocycles. The van der Waals surface area contributed by atoms with E-state index in [9.17, 15) is 9.59 Å². The van der Waals surface area contributed by atoms with Crippen molar-refractivity contribution >= 4 is 11.9 Å². The Bertz CT molecular complexity index is 337. The van der Waals surface area contributed by atoms with Crippen molar-refractivity contribution in [2.45, 2.75) is 38.2 Å². The van der Waals surface area contributed by atoms with Crippen LogP contribution in [0.25, 0.3) is 0 Å². The molecule has 1 aliphatic carbocycles. The molecule has 0 amide bonds. The molecular weight excluding hydrogens is 220 g/mol. The number of ether oxygens (including phenoxy) is 2. The molecule has 0 bridgehead atoms. The summed E-state index contributed by atoms with van der Waals surface area (Å²) in [4.78, 5) is 22.6. The quantitative estimate of drug-likeness (QED) is 0.418. The van der Waals surface area contributed by atoms with Crippen LogP contribution in [0.1, 0.15) is 32.6 Å². The summed E-state index contributed by atoms with van der Waals surface area (Å²) in [6.45, 7) is 8.27. The Labute approximate surface area is 101 Å². The molecule has 0 atom stereocenters. The highest BCUT2D eigenvalue weighted by molar-refractivity contribution is 5.88. The van der Waals surface area contributed by atoms with Crippen molar-refractivity contribution in [1.29, 1.82) is 0 Å². The third kappa shape index (κ3) is 3.73. The third-order valence-corrected chi connectivity index (χ3v) is 2.81. The summed E-state index contributed by atoms with van der Waals surface area (Å²) in [5.41, 5.74) is -0.302. The third-order valence-electron chi connectivity index (χ3n) is 2.81. The largest absolute Gasteiger partial charge is 0.452 e. The molecule has 17 heavy (non-hydrogen) atoms. The maximum Gasteiger partial charge on any atom is 0.345 e. The van der Waals surface area contributed by atoms with Gasteiger partial charge in [0, 0.05) is 5.57 Å². The summed E-state index contributed by atoms with van der Waals surface area (Å²) in [6.07, 6.45) is 5.28. The molecule has 1 rings (SSSR count). The van der Waals surface area contributed by atoms with Gasteiger partial charge in [0.1, 0.15) is 5.60 Å². The fourth-order valence-electron chi connectivity index (χ4n) is 1.83. The number of hydrogen-bond acceptors (Lipinski definition) is 4. The lowest BCUT2D eigenvalue weighted by molar-refractivity contribution is -0.164. The van der Waals surface area contributed by atoms with Gasteiger partial charge in [0.15, 0.2) is 6.61 Å². The summed E-state index contributed by atoms with van der Waals surface area (Å²) in [5.74, 6) is -1.12. The van der Waals surface area contributed by atoms with Crippen LogP contribution in [0.3, 0.4) is 0 Å².